The van der Waals surface area contributed by atoms with Crippen molar-refractivity contribution in [2.45, 2.75) is 19.4 Å². The van der Waals surface area contributed by atoms with Crippen molar-refractivity contribution in [1.82, 2.24) is 0 Å². The molecule has 1 unspecified atom stereocenters. The van der Waals surface area contributed by atoms with Gasteiger partial charge in [0.1, 0.15) is 6.10 Å². The minimum atomic E-state index is -0.289. The molecule has 0 saturated carbocycles. The molecule has 0 amide bonds. The molecule has 0 spiro atoms. The molecule has 0 aliphatic carbocycles. The predicted molar refractivity (Wildman–Crippen MR) is 36.3 cm³/mol. The summed E-state index contributed by atoms with van der Waals surface area (Å²) >= 11 is 0. The third kappa shape index (κ3) is 3.03. The number of carbonyl (C=O) groups excluding carboxylic acids is 1. The maximum atomic E-state index is 10.8. The molecular formula is C7H12O2. The van der Waals surface area contributed by atoms with E-state index in [9.17, 15) is 4.79 Å². The van der Waals surface area contributed by atoms with Crippen LogP contribution in [-0.4, -0.2) is 19.0 Å². The van der Waals surface area contributed by atoms with E-state index in [2.05, 4.69) is 6.58 Å². The van der Waals surface area contributed by atoms with Crippen LogP contribution in [0.5, 0.6) is 0 Å². The average molecular weight is 128 g/mol. The summed E-state index contributed by atoms with van der Waals surface area (Å²) in [5.74, 6) is 0.0764. The Kier molecular flexibility index (Phi) is 3.97. The highest BCUT2D eigenvalue weighted by atomic mass is 16.5. The summed E-state index contributed by atoms with van der Waals surface area (Å²) in [6.45, 7) is 5.17. The normalized spacial score (nSPS) is 12.7. The molecule has 0 aliphatic heterocycles. The predicted octanol–water partition coefficient (Wildman–Crippen LogP) is 1.17. The van der Waals surface area contributed by atoms with Gasteiger partial charge in [0.15, 0.2) is 5.78 Å². The van der Waals surface area contributed by atoms with Gasteiger partial charge in [0.05, 0.1) is 0 Å². The maximum absolute atomic E-state index is 10.8. The van der Waals surface area contributed by atoms with Crippen LogP contribution in [0, 0.1) is 0 Å². The first-order valence-electron chi connectivity index (χ1n) is 2.88. The van der Waals surface area contributed by atoms with Crippen LogP contribution in [0.2, 0.25) is 0 Å². The summed E-state index contributed by atoms with van der Waals surface area (Å²) < 4.78 is 4.77. The molecule has 0 rings (SSSR count). The lowest BCUT2D eigenvalue weighted by atomic mass is 10.2. The summed E-state index contributed by atoms with van der Waals surface area (Å²) in [4.78, 5) is 10.8. The Morgan fingerprint density at radius 2 is 2.44 bits per heavy atom. The number of methoxy groups -OCH3 is 1. The summed E-state index contributed by atoms with van der Waals surface area (Å²) in [6, 6.07) is 0. The molecule has 0 bridgehead atoms. The number of rotatable bonds is 4. The van der Waals surface area contributed by atoms with E-state index >= 15 is 0 Å². The van der Waals surface area contributed by atoms with Gasteiger partial charge in [0, 0.05) is 13.5 Å². The summed E-state index contributed by atoms with van der Waals surface area (Å²) in [7, 11) is 1.52. The van der Waals surface area contributed by atoms with Crippen molar-refractivity contribution >= 4 is 5.78 Å². The number of Topliss-reactive ketones (excluding diaryl/α,β-unsaturated/α-hetero) is 1. The van der Waals surface area contributed by atoms with Crippen LogP contribution in [0.15, 0.2) is 12.7 Å². The van der Waals surface area contributed by atoms with Crippen molar-refractivity contribution in [3.8, 4) is 0 Å². The Balaban J connectivity index is 3.58. The number of ether oxygens (including phenoxy) is 1. The lowest BCUT2D eigenvalue weighted by Gasteiger charge is -2.04. The molecule has 0 aliphatic rings. The first kappa shape index (κ1) is 8.37. The molecule has 0 aromatic heterocycles. The lowest BCUT2D eigenvalue weighted by molar-refractivity contribution is -0.126. The van der Waals surface area contributed by atoms with E-state index in [4.69, 9.17) is 4.74 Å². The van der Waals surface area contributed by atoms with Crippen molar-refractivity contribution in [1.29, 1.82) is 0 Å². The molecule has 2 heteroatoms. The number of carbonyl (C=O) groups is 1. The SMILES string of the molecule is C=CCC(=O)C(C)OC. The van der Waals surface area contributed by atoms with Gasteiger partial charge in [-0.25, -0.2) is 0 Å². The number of ketones is 1. The van der Waals surface area contributed by atoms with Crippen LogP contribution in [0.1, 0.15) is 13.3 Å². The molecule has 52 valence electrons. The molecule has 0 aromatic carbocycles. The van der Waals surface area contributed by atoms with Crippen molar-refractivity contribution in [3.63, 3.8) is 0 Å². The number of hydrogen-bond donors (Lipinski definition) is 0. The minimum Gasteiger partial charge on any atom is -0.374 e. The molecule has 9 heavy (non-hydrogen) atoms. The standard InChI is InChI=1S/C7H12O2/c1-4-5-7(8)6(2)9-3/h4,6H,1,5H2,2-3H3. The quantitative estimate of drug-likeness (QED) is 0.531. The molecule has 1 atom stereocenters. The first-order chi connectivity index (χ1) is 4.22. The Morgan fingerprint density at radius 1 is 1.89 bits per heavy atom. The van der Waals surface area contributed by atoms with Crippen LogP contribution in [0.3, 0.4) is 0 Å². The van der Waals surface area contributed by atoms with Gasteiger partial charge in [-0.15, -0.1) is 6.58 Å². The smallest absolute Gasteiger partial charge is 0.164 e. The monoisotopic (exact) mass is 128 g/mol. The highest BCUT2D eigenvalue weighted by Gasteiger charge is 2.07. The van der Waals surface area contributed by atoms with Crippen molar-refractivity contribution in [3.05, 3.63) is 12.7 Å². The Bertz CT molecular complexity index is 107. The Labute approximate surface area is 55.5 Å². The fourth-order valence-electron chi connectivity index (χ4n) is 0.440. The zero-order valence-electron chi connectivity index (χ0n) is 5.89. The molecule has 0 aromatic rings. The second-order valence-electron chi connectivity index (χ2n) is 1.84. The van der Waals surface area contributed by atoms with Crippen molar-refractivity contribution < 1.29 is 9.53 Å². The zero-order valence-corrected chi connectivity index (χ0v) is 5.89. The summed E-state index contributed by atoms with van der Waals surface area (Å²) in [5.41, 5.74) is 0. The van der Waals surface area contributed by atoms with Crippen LogP contribution >= 0.6 is 0 Å². The van der Waals surface area contributed by atoms with E-state index in [1.807, 2.05) is 0 Å². The van der Waals surface area contributed by atoms with E-state index < -0.39 is 0 Å². The summed E-state index contributed by atoms with van der Waals surface area (Å²) in [6.07, 6.45) is 1.69. The van der Waals surface area contributed by atoms with E-state index in [0.717, 1.165) is 0 Å². The largest absolute Gasteiger partial charge is 0.374 e. The van der Waals surface area contributed by atoms with E-state index in [1.165, 1.54) is 7.11 Å². The van der Waals surface area contributed by atoms with Gasteiger partial charge in [-0.2, -0.15) is 0 Å². The molecule has 2 nitrogen and oxygen atoms in total. The number of hydrogen-bond acceptors (Lipinski definition) is 2. The third-order valence-corrected chi connectivity index (χ3v) is 1.15. The molecule has 0 saturated heterocycles. The molecule has 0 fully saturated rings. The molecule has 0 heterocycles. The highest BCUT2D eigenvalue weighted by molar-refractivity contribution is 5.83. The third-order valence-electron chi connectivity index (χ3n) is 1.15. The Hall–Kier alpha value is -0.630. The minimum absolute atomic E-state index is 0.0764. The van der Waals surface area contributed by atoms with Gasteiger partial charge >= 0.3 is 0 Å². The van der Waals surface area contributed by atoms with E-state index in [1.54, 1.807) is 13.0 Å². The Morgan fingerprint density at radius 3 is 2.78 bits per heavy atom. The molecule has 0 N–H and O–H groups in total. The van der Waals surface area contributed by atoms with Gasteiger partial charge in [0.2, 0.25) is 0 Å². The van der Waals surface area contributed by atoms with Crippen molar-refractivity contribution in [2.75, 3.05) is 7.11 Å². The topological polar surface area (TPSA) is 26.3 Å². The van der Waals surface area contributed by atoms with Crippen molar-refractivity contribution in [2.24, 2.45) is 0 Å². The van der Waals surface area contributed by atoms with Gasteiger partial charge in [-0.05, 0) is 6.92 Å². The van der Waals surface area contributed by atoms with E-state index in [0.29, 0.717) is 6.42 Å². The molecular weight excluding hydrogens is 116 g/mol. The maximum Gasteiger partial charge on any atom is 0.164 e. The fraction of sp³-hybridized carbons (Fsp3) is 0.571. The second kappa shape index (κ2) is 4.27. The fourth-order valence-corrected chi connectivity index (χ4v) is 0.440. The van der Waals surface area contributed by atoms with Gasteiger partial charge in [0.25, 0.3) is 0 Å². The van der Waals surface area contributed by atoms with Crippen LogP contribution in [0.25, 0.3) is 0 Å². The van der Waals surface area contributed by atoms with Crippen LogP contribution in [-0.2, 0) is 9.53 Å². The molecule has 0 radical (unpaired) electrons. The zero-order chi connectivity index (χ0) is 7.28. The number of allylic oxidation sites excluding steroid dienone is 1. The van der Waals surface area contributed by atoms with Gasteiger partial charge in [-0.1, -0.05) is 6.08 Å². The van der Waals surface area contributed by atoms with Crippen LogP contribution < -0.4 is 0 Å². The highest BCUT2D eigenvalue weighted by Crippen LogP contribution is 1.94. The summed E-state index contributed by atoms with van der Waals surface area (Å²) in [5, 5.41) is 0. The lowest BCUT2D eigenvalue weighted by Crippen LogP contribution is -2.17. The first-order valence-corrected chi connectivity index (χ1v) is 2.88. The average Bonchev–Trinajstić information content (AvgIpc) is 1.87. The second-order valence-corrected chi connectivity index (χ2v) is 1.84. The van der Waals surface area contributed by atoms with Crippen LogP contribution in [0.4, 0.5) is 0 Å². The van der Waals surface area contributed by atoms with Gasteiger partial charge in [-0.3, -0.25) is 4.79 Å². The van der Waals surface area contributed by atoms with E-state index in [-0.39, 0.29) is 11.9 Å². The van der Waals surface area contributed by atoms with Gasteiger partial charge < -0.3 is 4.74 Å².